The molecule has 2 heterocycles. The number of aromatic nitrogens is 2. The van der Waals surface area contributed by atoms with Gasteiger partial charge >= 0.3 is 0 Å². The summed E-state index contributed by atoms with van der Waals surface area (Å²) in [6.45, 7) is 8.37. The molecule has 3 rings (SSSR count). The Kier molecular flexibility index (Phi) is 3.78. The van der Waals surface area contributed by atoms with Crippen LogP contribution in [0.4, 0.5) is 17.3 Å². The lowest BCUT2D eigenvalue weighted by Crippen LogP contribution is -2.19. The fourth-order valence-electron chi connectivity index (χ4n) is 2.82. The molecular formula is C17H22N4. The zero-order chi connectivity index (χ0) is 14.8. The fourth-order valence-corrected chi connectivity index (χ4v) is 2.82. The van der Waals surface area contributed by atoms with Crippen LogP contribution in [0.25, 0.3) is 0 Å². The van der Waals surface area contributed by atoms with E-state index in [1.165, 1.54) is 24.0 Å². The van der Waals surface area contributed by atoms with Crippen LogP contribution in [0.15, 0.2) is 24.3 Å². The molecule has 0 amide bonds. The van der Waals surface area contributed by atoms with Crippen molar-refractivity contribution in [3.05, 3.63) is 41.2 Å². The van der Waals surface area contributed by atoms with Crippen LogP contribution in [-0.2, 0) is 0 Å². The molecule has 1 aliphatic rings. The second-order valence-corrected chi connectivity index (χ2v) is 5.80. The number of rotatable bonds is 3. The highest BCUT2D eigenvalue weighted by Gasteiger charge is 2.15. The Morgan fingerprint density at radius 1 is 1.00 bits per heavy atom. The number of aryl methyl sites for hydroxylation is 3. The van der Waals surface area contributed by atoms with Gasteiger partial charge in [0.25, 0.3) is 0 Å². The fraction of sp³-hybridized carbons (Fsp3) is 0.412. The quantitative estimate of drug-likeness (QED) is 0.931. The minimum atomic E-state index is 0.812. The molecule has 0 atom stereocenters. The summed E-state index contributed by atoms with van der Waals surface area (Å²) < 4.78 is 0. The van der Waals surface area contributed by atoms with Crippen molar-refractivity contribution in [2.75, 3.05) is 23.3 Å². The highest BCUT2D eigenvalue weighted by Crippen LogP contribution is 2.24. The summed E-state index contributed by atoms with van der Waals surface area (Å²) in [5.74, 6) is 2.72. The molecule has 0 aliphatic carbocycles. The highest BCUT2D eigenvalue weighted by atomic mass is 15.2. The predicted molar refractivity (Wildman–Crippen MR) is 87.4 cm³/mol. The van der Waals surface area contributed by atoms with Crippen molar-refractivity contribution in [3.8, 4) is 0 Å². The van der Waals surface area contributed by atoms with E-state index < -0.39 is 0 Å². The van der Waals surface area contributed by atoms with Gasteiger partial charge in [0.1, 0.15) is 17.5 Å². The van der Waals surface area contributed by atoms with E-state index in [0.29, 0.717) is 0 Å². The van der Waals surface area contributed by atoms with Crippen molar-refractivity contribution < 1.29 is 0 Å². The number of benzene rings is 1. The molecule has 4 nitrogen and oxygen atoms in total. The molecule has 0 spiro atoms. The predicted octanol–water partition coefficient (Wildman–Crippen LogP) is 3.75. The Hall–Kier alpha value is -2.10. The van der Waals surface area contributed by atoms with E-state index in [9.17, 15) is 0 Å². The van der Waals surface area contributed by atoms with Gasteiger partial charge in [-0.25, -0.2) is 9.97 Å². The smallest absolute Gasteiger partial charge is 0.136 e. The largest absolute Gasteiger partial charge is 0.356 e. The van der Waals surface area contributed by atoms with Crippen molar-refractivity contribution in [2.45, 2.75) is 33.6 Å². The third-order valence-electron chi connectivity index (χ3n) is 3.90. The van der Waals surface area contributed by atoms with Gasteiger partial charge in [-0.1, -0.05) is 17.7 Å². The summed E-state index contributed by atoms with van der Waals surface area (Å²) in [5, 5.41) is 3.43. The molecule has 0 radical (unpaired) electrons. The maximum atomic E-state index is 4.57. The zero-order valence-corrected chi connectivity index (χ0v) is 13.0. The lowest BCUT2D eigenvalue weighted by Gasteiger charge is -2.18. The molecule has 1 saturated heterocycles. The van der Waals surface area contributed by atoms with Crippen LogP contribution in [0, 0.1) is 20.8 Å². The first kappa shape index (κ1) is 13.9. The summed E-state index contributed by atoms with van der Waals surface area (Å²) in [4.78, 5) is 11.4. The van der Waals surface area contributed by atoms with Gasteiger partial charge in [-0.3, -0.25) is 0 Å². The number of hydrogen-bond donors (Lipinski definition) is 1. The van der Waals surface area contributed by atoms with Crippen LogP contribution in [0.3, 0.4) is 0 Å². The summed E-state index contributed by atoms with van der Waals surface area (Å²) in [5.41, 5.74) is 3.61. The number of hydrogen-bond acceptors (Lipinski definition) is 4. The SMILES string of the molecule is Cc1ccc(Nc2cc(N3CCCC3)nc(C)n2)c(C)c1. The first-order valence-corrected chi connectivity index (χ1v) is 7.57. The molecule has 1 aromatic heterocycles. The van der Waals surface area contributed by atoms with Gasteiger partial charge in [-0.2, -0.15) is 0 Å². The Morgan fingerprint density at radius 3 is 2.48 bits per heavy atom. The van der Waals surface area contributed by atoms with Crippen LogP contribution in [0.2, 0.25) is 0 Å². The van der Waals surface area contributed by atoms with Gasteiger partial charge in [-0.05, 0) is 45.2 Å². The molecule has 110 valence electrons. The van der Waals surface area contributed by atoms with E-state index in [2.05, 4.69) is 58.3 Å². The number of anilines is 3. The number of nitrogens with zero attached hydrogens (tertiary/aromatic N) is 3. The first-order valence-electron chi connectivity index (χ1n) is 7.57. The second kappa shape index (κ2) is 5.72. The molecule has 1 N–H and O–H groups in total. The maximum absolute atomic E-state index is 4.57. The van der Waals surface area contributed by atoms with E-state index in [1.807, 2.05) is 6.92 Å². The standard InChI is InChI=1S/C17H22N4/c1-12-6-7-15(13(2)10-12)20-16-11-17(19-14(3)18-16)21-8-4-5-9-21/h6-7,10-11H,4-5,8-9H2,1-3H3,(H,18,19,20). The molecule has 1 aliphatic heterocycles. The number of nitrogens with one attached hydrogen (secondary N) is 1. The molecule has 1 aromatic carbocycles. The third-order valence-corrected chi connectivity index (χ3v) is 3.90. The van der Waals surface area contributed by atoms with E-state index in [-0.39, 0.29) is 0 Å². The Labute approximate surface area is 126 Å². The molecule has 0 unspecified atom stereocenters. The summed E-state index contributed by atoms with van der Waals surface area (Å²) in [6.07, 6.45) is 2.51. The van der Waals surface area contributed by atoms with E-state index in [4.69, 9.17) is 0 Å². The zero-order valence-electron chi connectivity index (χ0n) is 13.0. The topological polar surface area (TPSA) is 41.0 Å². The lowest BCUT2D eigenvalue weighted by molar-refractivity contribution is 0.911. The molecular weight excluding hydrogens is 260 g/mol. The van der Waals surface area contributed by atoms with E-state index in [1.54, 1.807) is 0 Å². The Morgan fingerprint density at radius 2 is 1.76 bits per heavy atom. The summed E-state index contributed by atoms with van der Waals surface area (Å²) >= 11 is 0. The normalized spacial score (nSPS) is 14.5. The van der Waals surface area contributed by atoms with Gasteiger partial charge in [0.2, 0.25) is 0 Å². The average Bonchev–Trinajstić information content (AvgIpc) is 2.95. The van der Waals surface area contributed by atoms with Crippen LogP contribution >= 0.6 is 0 Å². The van der Waals surface area contributed by atoms with Crippen molar-refractivity contribution in [1.82, 2.24) is 9.97 Å². The first-order chi connectivity index (χ1) is 10.1. The molecule has 0 saturated carbocycles. The minimum Gasteiger partial charge on any atom is -0.356 e. The molecule has 1 fully saturated rings. The van der Waals surface area contributed by atoms with Crippen LogP contribution in [0.1, 0.15) is 29.8 Å². The van der Waals surface area contributed by atoms with E-state index >= 15 is 0 Å². The lowest BCUT2D eigenvalue weighted by atomic mass is 10.1. The minimum absolute atomic E-state index is 0.812. The van der Waals surface area contributed by atoms with E-state index in [0.717, 1.165) is 36.2 Å². The van der Waals surface area contributed by atoms with Gasteiger partial charge in [0.05, 0.1) is 0 Å². The third kappa shape index (κ3) is 3.15. The van der Waals surface area contributed by atoms with Crippen LogP contribution in [0.5, 0.6) is 0 Å². The van der Waals surface area contributed by atoms with Gasteiger partial charge < -0.3 is 10.2 Å². The van der Waals surface area contributed by atoms with Crippen molar-refractivity contribution in [3.63, 3.8) is 0 Å². The Balaban J connectivity index is 1.87. The Bertz CT molecular complexity index is 645. The molecule has 0 bridgehead atoms. The average molecular weight is 282 g/mol. The highest BCUT2D eigenvalue weighted by molar-refractivity contribution is 5.63. The molecule has 21 heavy (non-hydrogen) atoms. The van der Waals surface area contributed by atoms with Gasteiger partial charge in [-0.15, -0.1) is 0 Å². The second-order valence-electron chi connectivity index (χ2n) is 5.80. The molecule has 4 heteroatoms. The van der Waals surface area contributed by atoms with Gasteiger partial charge in [0.15, 0.2) is 0 Å². The maximum Gasteiger partial charge on any atom is 0.136 e. The van der Waals surface area contributed by atoms with Crippen LogP contribution in [-0.4, -0.2) is 23.1 Å². The molecule has 2 aromatic rings. The monoisotopic (exact) mass is 282 g/mol. The van der Waals surface area contributed by atoms with Crippen molar-refractivity contribution >= 4 is 17.3 Å². The summed E-state index contributed by atoms with van der Waals surface area (Å²) in [7, 11) is 0. The summed E-state index contributed by atoms with van der Waals surface area (Å²) in [6, 6.07) is 8.46. The van der Waals surface area contributed by atoms with Crippen molar-refractivity contribution in [1.29, 1.82) is 0 Å². The van der Waals surface area contributed by atoms with Crippen LogP contribution < -0.4 is 10.2 Å². The van der Waals surface area contributed by atoms with Crippen molar-refractivity contribution in [2.24, 2.45) is 0 Å². The van der Waals surface area contributed by atoms with Gasteiger partial charge in [0, 0.05) is 24.8 Å².